The van der Waals surface area contributed by atoms with Crippen molar-refractivity contribution in [2.45, 2.75) is 31.8 Å². The summed E-state index contributed by atoms with van der Waals surface area (Å²) in [7, 11) is 1.56. The summed E-state index contributed by atoms with van der Waals surface area (Å²) < 4.78 is 10.6. The maximum Gasteiger partial charge on any atom is 0.253 e. The Labute approximate surface area is 165 Å². The molecule has 0 spiro atoms. The number of ether oxygens (including phenoxy) is 2. The van der Waals surface area contributed by atoms with Crippen LogP contribution in [0.1, 0.15) is 33.5 Å². The van der Waals surface area contributed by atoms with Gasteiger partial charge in [-0.15, -0.1) is 0 Å². The van der Waals surface area contributed by atoms with Gasteiger partial charge in [0, 0.05) is 44.5 Å². The van der Waals surface area contributed by atoms with Gasteiger partial charge in [0.05, 0.1) is 19.3 Å². The lowest BCUT2D eigenvalue weighted by atomic mass is 10.00. The number of amides is 1. The van der Waals surface area contributed by atoms with Crippen LogP contribution in [0.5, 0.6) is 5.88 Å². The molecule has 1 saturated heterocycles. The molecule has 1 amide bonds. The van der Waals surface area contributed by atoms with E-state index in [4.69, 9.17) is 9.47 Å². The lowest BCUT2D eigenvalue weighted by molar-refractivity contribution is 0.0950. The molecule has 3 heterocycles. The second kappa shape index (κ2) is 8.71. The van der Waals surface area contributed by atoms with Gasteiger partial charge < -0.3 is 14.8 Å². The average molecular weight is 381 g/mol. The zero-order valence-electron chi connectivity index (χ0n) is 16.3. The predicted molar refractivity (Wildman–Crippen MR) is 107 cm³/mol. The van der Waals surface area contributed by atoms with E-state index in [9.17, 15) is 4.79 Å². The van der Waals surface area contributed by atoms with Crippen molar-refractivity contribution in [1.29, 1.82) is 0 Å². The van der Waals surface area contributed by atoms with Gasteiger partial charge in [-0.05, 0) is 42.0 Å². The number of pyridine rings is 1. The molecule has 1 aromatic carbocycles. The van der Waals surface area contributed by atoms with E-state index >= 15 is 0 Å². The SMILES string of the molecule is COc1ccc(C(=O)NCc2ccc3c(c2)CCN(C2CCOC2)CC3)cn1. The largest absolute Gasteiger partial charge is 0.481 e. The molecule has 2 aliphatic heterocycles. The van der Waals surface area contributed by atoms with Gasteiger partial charge in [-0.1, -0.05) is 18.2 Å². The number of nitrogens with zero attached hydrogens (tertiary/aromatic N) is 2. The Morgan fingerprint density at radius 2 is 2.11 bits per heavy atom. The number of carbonyl (C=O) groups is 1. The molecule has 2 aliphatic rings. The highest BCUT2D eigenvalue weighted by atomic mass is 16.5. The van der Waals surface area contributed by atoms with Crippen molar-refractivity contribution in [3.05, 3.63) is 58.8 Å². The van der Waals surface area contributed by atoms with Crippen molar-refractivity contribution in [2.75, 3.05) is 33.4 Å². The monoisotopic (exact) mass is 381 g/mol. The standard InChI is InChI=1S/C22H27N3O3/c1-27-21-5-4-19(14-23-21)22(26)24-13-16-2-3-17-6-9-25(10-7-18(17)12-16)20-8-11-28-15-20/h2-5,12,14,20H,6-11,13,15H2,1H3,(H,24,26). The molecule has 0 bridgehead atoms. The van der Waals surface area contributed by atoms with Gasteiger partial charge in [-0.2, -0.15) is 0 Å². The number of rotatable bonds is 5. The quantitative estimate of drug-likeness (QED) is 0.860. The number of hydrogen-bond donors (Lipinski definition) is 1. The molecule has 1 atom stereocenters. The van der Waals surface area contributed by atoms with Gasteiger partial charge in [0.15, 0.2) is 0 Å². The van der Waals surface area contributed by atoms with Crippen molar-refractivity contribution in [1.82, 2.24) is 15.2 Å². The van der Waals surface area contributed by atoms with Crippen LogP contribution >= 0.6 is 0 Å². The summed E-state index contributed by atoms with van der Waals surface area (Å²) in [6, 6.07) is 10.6. The molecular weight excluding hydrogens is 354 g/mol. The van der Waals surface area contributed by atoms with Crippen LogP contribution in [-0.4, -0.2) is 55.2 Å². The Hall–Kier alpha value is -2.44. The second-order valence-electron chi connectivity index (χ2n) is 7.43. The van der Waals surface area contributed by atoms with E-state index in [0.717, 1.165) is 51.1 Å². The lowest BCUT2D eigenvalue weighted by Crippen LogP contribution is -2.37. The number of fused-ring (bicyclic) bond motifs is 1. The molecule has 1 fully saturated rings. The van der Waals surface area contributed by atoms with Crippen molar-refractivity contribution in [2.24, 2.45) is 0 Å². The van der Waals surface area contributed by atoms with Crippen LogP contribution in [0.2, 0.25) is 0 Å². The topological polar surface area (TPSA) is 63.7 Å². The van der Waals surface area contributed by atoms with Gasteiger partial charge in [-0.3, -0.25) is 9.69 Å². The second-order valence-corrected chi connectivity index (χ2v) is 7.43. The van der Waals surface area contributed by atoms with Gasteiger partial charge in [0.25, 0.3) is 5.91 Å². The van der Waals surface area contributed by atoms with Gasteiger partial charge in [0.2, 0.25) is 5.88 Å². The van der Waals surface area contributed by atoms with Crippen molar-refractivity contribution >= 4 is 5.91 Å². The van der Waals surface area contributed by atoms with E-state index in [1.54, 1.807) is 19.2 Å². The van der Waals surface area contributed by atoms with E-state index in [-0.39, 0.29) is 5.91 Å². The highest BCUT2D eigenvalue weighted by Crippen LogP contribution is 2.21. The van der Waals surface area contributed by atoms with Crippen LogP contribution in [0.4, 0.5) is 0 Å². The summed E-state index contributed by atoms with van der Waals surface area (Å²) in [5.74, 6) is 0.373. The van der Waals surface area contributed by atoms with E-state index in [1.807, 2.05) is 0 Å². The zero-order chi connectivity index (χ0) is 19.3. The normalized spacial score (nSPS) is 19.7. The molecule has 1 aromatic heterocycles. The minimum absolute atomic E-state index is 0.127. The van der Waals surface area contributed by atoms with E-state index in [0.29, 0.717) is 24.0 Å². The highest BCUT2D eigenvalue weighted by molar-refractivity contribution is 5.93. The predicted octanol–water partition coefficient (Wildman–Crippen LogP) is 2.21. The van der Waals surface area contributed by atoms with Crippen LogP contribution in [0, 0.1) is 0 Å². The van der Waals surface area contributed by atoms with Crippen molar-refractivity contribution < 1.29 is 14.3 Å². The number of aromatic nitrogens is 1. The summed E-state index contributed by atoms with van der Waals surface area (Å²) in [5.41, 5.74) is 4.49. The Morgan fingerprint density at radius 3 is 2.82 bits per heavy atom. The third-order valence-corrected chi connectivity index (χ3v) is 5.69. The molecular formula is C22H27N3O3. The van der Waals surface area contributed by atoms with E-state index in [2.05, 4.69) is 33.4 Å². The van der Waals surface area contributed by atoms with Crippen molar-refractivity contribution in [3.63, 3.8) is 0 Å². The molecule has 6 nitrogen and oxygen atoms in total. The fourth-order valence-corrected chi connectivity index (χ4v) is 4.00. The average Bonchev–Trinajstić information content (AvgIpc) is 3.19. The Balaban J connectivity index is 1.36. The molecule has 0 saturated carbocycles. The Bertz CT molecular complexity index is 816. The summed E-state index contributed by atoms with van der Waals surface area (Å²) in [4.78, 5) is 19.0. The summed E-state index contributed by atoms with van der Waals surface area (Å²) in [6.45, 7) is 4.45. The maximum atomic E-state index is 12.3. The van der Waals surface area contributed by atoms with Gasteiger partial charge in [0.1, 0.15) is 0 Å². The fraction of sp³-hybridized carbons (Fsp3) is 0.455. The van der Waals surface area contributed by atoms with Crippen molar-refractivity contribution in [3.8, 4) is 5.88 Å². The first-order valence-electron chi connectivity index (χ1n) is 9.93. The minimum atomic E-state index is -0.127. The van der Waals surface area contributed by atoms with Gasteiger partial charge >= 0.3 is 0 Å². The molecule has 6 heteroatoms. The first kappa shape index (κ1) is 18.9. The number of carbonyl (C=O) groups excluding carboxylic acids is 1. The summed E-state index contributed by atoms with van der Waals surface area (Å²) in [5, 5.41) is 2.98. The summed E-state index contributed by atoms with van der Waals surface area (Å²) in [6.07, 6.45) is 4.81. The Morgan fingerprint density at radius 1 is 1.25 bits per heavy atom. The van der Waals surface area contributed by atoms with Crippen LogP contribution < -0.4 is 10.1 Å². The molecule has 148 valence electrons. The molecule has 28 heavy (non-hydrogen) atoms. The lowest BCUT2D eigenvalue weighted by Gasteiger charge is -2.25. The van der Waals surface area contributed by atoms with E-state index < -0.39 is 0 Å². The van der Waals surface area contributed by atoms with E-state index in [1.165, 1.54) is 17.3 Å². The molecule has 1 N–H and O–H groups in total. The Kier molecular flexibility index (Phi) is 5.88. The highest BCUT2D eigenvalue weighted by Gasteiger charge is 2.25. The number of hydrogen-bond acceptors (Lipinski definition) is 5. The molecule has 0 aliphatic carbocycles. The number of methoxy groups -OCH3 is 1. The third-order valence-electron chi connectivity index (χ3n) is 5.69. The smallest absolute Gasteiger partial charge is 0.253 e. The third kappa shape index (κ3) is 4.34. The number of benzene rings is 1. The molecule has 4 rings (SSSR count). The van der Waals surface area contributed by atoms with Crippen LogP contribution in [-0.2, 0) is 24.1 Å². The van der Waals surface area contributed by atoms with Crippen LogP contribution in [0.3, 0.4) is 0 Å². The first-order valence-corrected chi connectivity index (χ1v) is 9.93. The fourth-order valence-electron chi connectivity index (χ4n) is 4.00. The molecule has 2 aromatic rings. The summed E-state index contributed by atoms with van der Waals surface area (Å²) >= 11 is 0. The van der Waals surface area contributed by atoms with Crippen LogP contribution in [0.25, 0.3) is 0 Å². The molecule has 1 unspecified atom stereocenters. The minimum Gasteiger partial charge on any atom is -0.481 e. The zero-order valence-corrected chi connectivity index (χ0v) is 16.3. The maximum absolute atomic E-state index is 12.3. The molecule has 0 radical (unpaired) electrons. The van der Waals surface area contributed by atoms with Crippen LogP contribution in [0.15, 0.2) is 36.5 Å². The first-order chi connectivity index (χ1) is 13.7. The number of nitrogens with one attached hydrogen (secondary N) is 1. The van der Waals surface area contributed by atoms with Gasteiger partial charge in [-0.25, -0.2) is 4.98 Å².